The number of aromatic amines is 1. The highest BCUT2D eigenvalue weighted by molar-refractivity contribution is 5.94. The van der Waals surface area contributed by atoms with Crippen LogP contribution in [0.5, 0.6) is 5.75 Å². The number of hydrogen-bond donors (Lipinski definition) is 1. The third kappa shape index (κ3) is 5.42. The fourth-order valence-corrected chi connectivity index (χ4v) is 3.17. The summed E-state index contributed by atoms with van der Waals surface area (Å²) in [5.41, 5.74) is -0.00234. The Morgan fingerprint density at radius 3 is 2.52 bits per heavy atom. The Hall–Kier alpha value is -2.71. The van der Waals surface area contributed by atoms with Crippen LogP contribution in [-0.4, -0.2) is 22.1 Å². The lowest BCUT2D eigenvalue weighted by molar-refractivity contribution is -0.275. The van der Waals surface area contributed by atoms with Gasteiger partial charge in [0.25, 0.3) is 5.56 Å². The van der Waals surface area contributed by atoms with E-state index in [0.717, 1.165) is 31.0 Å². The van der Waals surface area contributed by atoms with Crippen LogP contribution < -0.4 is 10.3 Å². The Bertz CT molecular complexity index is 965. The Morgan fingerprint density at radius 1 is 1.28 bits per heavy atom. The molecule has 1 atom stereocenters. The maximum absolute atomic E-state index is 14.1. The monoisotopic (exact) mass is 412 g/mol. The van der Waals surface area contributed by atoms with Gasteiger partial charge in [0.05, 0.1) is 0 Å². The molecule has 156 valence electrons. The molecule has 3 rings (SSSR count). The summed E-state index contributed by atoms with van der Waals surface area (Å²) in [5.74, 6) is -2.41. The first-order chi connectivity index (χ1) is 13.5. The van der Waals surface area contributed by atoms with Crippen molar-refractivity contribution in [1.82, 2.24) is 9.97 Å². The molecule has 0 radical (unpaired) electrons. The Labute approximate surface area is 164 Å². The molecule has 5 nitrogen and oxygen atoms in total. The van der Waals surface area contributed by atoms with Crippen LogP contribution in [-0.2, 0) is 0 Å². The van der Waals surface area contributed by atoms with Gasteiger partial charge in [-0.05, 0) is 42.4 Å². The molecule has 1 aromatic carbocycles. The zero-order chi connectivity index (χ0) is 21.3. The number of H-pyrrole nitrogens is 1. The van der Waals surface area contributed by atoms with E-state index in [2.05, 4.69) is 14.7 Å². The Balaban J connectivity index is 1.83. The van der Waals surface area contributed by atoms with E-state index >= 15 is 0 Å². The van der Waals surface area contributed by atoms with Gasteiger partial charge in [0.1, 0.15) is 11.5 Å². The molecular formula is C20H20F4N2O3. The van der Waals surface area contributed by atoms with Crippen LogP contribution in [0.15, 0.2) is 29.1 Å². The van der Waals surface area contributed by atoms with Gasteiger partial charge in [0.2, 0.25) is 0 Å². The number of hydrogen-bond acceptors (Lipinski definition) is 4. The molecule has 29 heavy (non-hydrogen) atoms. The minimum Gasteiger partial charge on any atom is -0.403 e. The second-order valence-corrected chi connectivity index (χ2v) is 7.51. The van der Waals surface area contributed by atoms with E-state index in [0.29, 0.717) is 11.4 Å². The first-order valence-corrected chi connectivity index (χ1v) is 9.23. The molecule has 1 aromatic heterocycles. The zero-order valence-electron chi connectivity index (χ0n) is 15.8. The van der Waals surface area contributed by atoms with E-state index in [-0.39, 0.29) is 29.7 Å². The number of rotatable bonds is 7. The molecule has 2 aromatic rings. The number of aromatic nitrogens is 2. The normalized spacial score (nSPS) is 15.4. The van der Waals surface area contributed by atoms with Crippen LogP contribution in [0, 0.1) is 11.7 Å². The van der Waals surface area contributed by atoms with Crippen molar-refractivity contribution in [3.8, 4) is 5.75 Å². The van der Waals surface area contributed by atoms with Gasteiger partial charge in [-0.1, -0.05) is 19.9 Å². The molecule has 0 amide bonds. The molecule has 9 heteroatoms. The molecule has 1 aliphatic carbocycles. The lowest BCUT2D eigenvalue weighted by atomic mass is 9.84. The molecule has 1 heterocycles. The number of ether oxygens (including phenoxy) is 1. The van der Waals surface area contributed by atoms with Gasteiger partial charge in [-0.2, -0.15) is 0 Å². The fourth-order valence-electron chi connectivity index (χ4n) is 3.17. The van der Waals surface area contributed by atoms with Crippen LogP contribution >= 0.6 is 0 Å². The lowest BCUT2D eigenvalue weighted by Crippen LogP contribution is -2.19. The molecule has 0 spiro atoms. The predicted octanol–water partition coefficient (Wildman–Crippen LogP) is 4.70. The highest BCUT2D eigenvalue weighted by Crippen LogP contribution is 2.38. The Kier molecular flexibility index (Phi) is 5.77. The number of Topliss-reactive ketones (excluding diaryl/α,β-unsaturated/α-hetero) is 1. The third-order valence-electron chi connectivity index (χ3n) is 4.83. The molecule has 1 saturated carbocycles. The summed E-state index contributed by atoms with van der Waals surface area (Å²) in [4.78, 5) is 31.4. The largest absolute Gasteiger partial charge is 0.573 e. The van der Waals surface area contributed by atoms with Gasteiger partial charge in [-0.3, -0.25) is 9.59 Å². The van der Waals surface area contributed by atoms with E-state index in [4.69, 9.17) is 0 Å². The molecule has 0 bridgehead atoms. The van der Waals surface area contributed by atoms with Crippen molar-refractivity contribution in [2.75, 3.05) is 0 Å². The number of halogens is 4. The molecule has 0 saturated heterocycles. The van der Waals surface area contributed by atoms with Crippen LogP contribution in [0.25, 0.3) is 0 Å². The van der Waals surface area contributed by atoms with Crippen molar-refractivity contribution in [3.63, 3.8) is 0 Å². The van der Waals surface area contributed by atoms with Crippen molar-refractivity contribution in [3.05, 3.63) is 57.5 Å². The molecule has 1 aliphatic rings. The van der Waals surface area contributed by atoms with Crippen LogP contribution in [0.1, 0.15) is 66.8 Å². The highest BCUT2D eigenvalue weighted by atomic mass is 19.4. The average Bonchev–Trinajstić information content (AvgIpc) is 3.44. The number of ketones is 1. The van der Waals surface area contributed by atoms with E-state index in [1.165, 1.54) is 6.07 Å². The second kappa shape index (κ2) is 7.96. The molecule has 1 fully saturated rings. The van der Waals surface area contributed by atoms with Crippen LogP contribution in [0.3, 0.4) is 0 Å². The maximum Gasteiger partial charge on any atom is 0.573 e. The number of carbonyl (C=O) groups excluding carboxylic acids is 1. The number of nitrogens with one attached hydrogen (secondary N) is 1. The molecule has 1 N–H and O–H groups in total. The van der Waals surface area contributed by atoms with Crippen LogP contribution in [0.4, 0.5) is 17.6 Å². The zero-order valence-corrected chi connectivity index (χ0v) is 15.8. The quantitative estimate of drug-likeness (QED) is 0.529. The number of nitrogens with zero attached hydrogens (tertiary/aromatic N) is 1. The van der Waals surface area contributed by atoms with Gasteiger partial charge in [0, 0.05) is 18.4 Å². The Morgan fingerprint density at radius 2 is 1.97 bits per heavy atom. The van der Waals surface area contributed by atoms with E-state index in [9.17, 15) is 27.2 Å². The summed E-state index contributed by atoms with van der Waals surface area (Å²) < 4.78 is 54.7. The SMILES string of the molecule is CC(C)[C@@H](CC(=O)c1cc(=O)[nH]c(C2CC2)n1)c1ccc(OC(F)(F)F)c(F)c1. The van der Waals surface area contributed by atoms with E-state index in [1.807, 2.05) is 13.8 Å². The van der Waals surface area contributed by atoms with Gasteiger partial charge in [-0.15, -0.1) is 13.2 Å². The van der Waals surface area contributed by atoms with Gasteiger partial charge in [-0.25, -0.2) is 9.37 Å². The maximum atomic E-state index is 14.1. The minimum atomic E-state index is -5.00. The van der Waals surface area contributed by atoms with Gasteiger partial charge >= 0.3 is 6.36 Å². The van der Waals surface area contributed by atoms with Crippen LogP contribution in [0.2, 0.25) is 0 Å². The third-order valence-corrected chi connectivity index (χ3v) is 4.83. The van der Waals surface area contributed by atoms with E-state index < -0.39 is 29.4 Å². The lowest BCUT2D eigenvalue weighted by Gasteiger charge is -2.21. The van der Waals surface area contributed by atoms with Crippen molar-refractivity contribution >= 4 is 5.78 Å². The summed E-state index contributed by atoms with van der Waals surface area (Å²) in [5, 5.41) is 0. The van der Waals surface area contributed by atoms with E-state index in [1.54, 1.807) is 0 Å². The first kappa shape index (κ1) is 21.0. The highest BCUT2D eigenvalue weighted by Gasteiger charge is 2.33. The minimum absolute atomic E-state index is 0.0406. The fraction of sp³-hybridized carbons (Fsp3) is 0.450. The summed E-state index contributed by atoms with van der Waals surface area (Å²) in [6.45, 7) is 3.63. The second-order valence-electron chi connectivity index (χ2n) is 7.51. The number of benzene rings is 1. The number of carbonyl (C=O) groups is 1. The van der Waals surface area contributed by atoms with Crippen molar-refractivity contribution in [1.29, 1.82) is 0 Å². The predicted molar refractivity (Wildman–Crippen MR) is 96.4 cm³/mol. The summed E-state index contributed by atoms with van der Waals surface area (Å²) >= 11 is 0. The number of alkyl halides is 3. The van der Waals surface area contributed by atoms with Gasteiger partial charge < -0.3 is 9.72 Å². The van der Waals surface area contributed by atoms with Crippen molar-refractivity contribution in [2.24, 2.45) is 5.92 Å². The van der Waals surface area contributed by atoms with Crippen molar-refractivity contribution in [2.45, 2.75) is 51.3 Å². The topological polar surface area (TPSA) is 72.0 Å². The molecule has 0 unspecified atom stereocenters. The average molecular weight is 412 g/mol. The molecule has 0 aliphatic heterocycles. The van der Waals surface area contributed by atoms with Crippen molar-refractivity contribution < 1.29 is 27.1 Å². The smallest absolute Gasteiger partial charge is 0.403 e. The van der Waals surface area contributed by atoms with Gasteiger partial charge in [0.15, 0.2) is 17.3 Å². The summed E-state index contributed by atoms with van der Waals surface area (Å²) in [6, 6.07) is 4.28. The standard InChI is InChI=1S/C20H20F4N2O3/c1-10(2)13(12-5-6-17(14(21)7-12)29-20(22,23)24)8-16(27)15-9-18(28)26-19(25-15)11-3-4-11/h5-7,9-11,13H,3-4,8H2,1-2H3,(H,25,26,28)/t13-/m1/s1. The summed E-state index contributed by atoms with van der Waals surface area (Å²) in [7, 11) is 0. The first-order valence-electron chi connectivity index (χ1n) is 9.23. The summed E-state index contributed by atoms with van der Waals surface area (Å²) in [6.07, 6.45) is -3.25. The molecular weight excluding hydrogens is 392 g/mol.